The summed E-state index contributed by atoms with van der Waals surface area (Å²) in [5.41, 5.74) is 0.791. The third kappa shape index (κ3) is 1.63. The normalized spacial score (nSPS) is 20.6. The SMILES string of the molecule is Oc1ccc2nnc(CC3CCNC3)n2c1. The molecule has 2 N–H and O–H groups in total. The minimum absolute atomic E-state index is 0.248. The first-order valence-corrected chi connectivity index (χ1v) is 5.56. The molecule has 1 atom stereocenters. The first-order chi connectivity index (χ1) is 7.83. The van der Waals surface area contributed by atoms with Gasteiger partial charge in [-0.3, -0.25) is 4.40 Å². The fraction of sp³-hybridized carbons (Fsp3) is 0.455. The van der Waals surface area contributed by atoms with Crippen molar-refractivity contribution in [1.29, 1.82) is 0 Å². The first-order valence-electron chi connectivity index (χ1n) is 5.56. The number of aromatic hydroxyl groups is 1. The summed E-state index contributed by atoms with van der Waals surface area (Å²) in [6, 6.07) is 3.41. The molecule has 3 heterocycles. The average molecular weight is 218 g/mol. The van der Waals surface area contributed by atoms with E-state index in [1.54, 1.807) is 18.3 Å². The molecule has 0 radical (unpaired) electrons. The van der Waals surface area contributed by atoms with Crippen molar-refractivity contribution in [2.45, 2.75) is 12.8 Å². The highest BCUT2D eigenvalue weighted by Gasteiger charge is 2.17. The predicted octanol–water partition coefficient (Wildman–Crippen LogP) is 0.587. The highest BCUT2D eigenvalue weighted by molar-refractivity contribution is 5.41. The molecule has 5 nitrogen and oxygen atoms in total. The first kappa shape index (κ1) is 9.59. The molecule has 0 amide bonds. The van der Waals surface area contributed by atoms with E-state index in [4.69, 9.17) is 0 Å². The molecule has 0 spiro atoms. The molecule has 84 valence electrons. The van der Waals surface area contributed by atoms with Crippen molar-refractivity contribution < 1.29 is 5.11 Å². The number of nitrogens with zero attached hydrogens (tertiary/aromatic N) is 3. The molecular formula is C11H14N4O. The van der Waals surface area contributed by atoms with E-state index < -0.39 is 0 Å². The van der Waals surface area contributed by atoms with Crippen LogP contribution >= 0.6 is 0 Å². The Morgan fingerprint density at radius 2 is 2.38 bits per heavy atom. The second kappa shape index (κ2) is 3.75. The summed E-state index contributed by atoms with van der Waals surface area (Å²) in [5, 5.41) is 21.0. The fourth-order valence-corrected chi connectivity index (χ4v) is 2.21. The third-order valence-electron chi connectivity index (χ3n) is 3.09. The van der Waals surface area contributed by atoms with E-state index >= 15 is 0 Å². The van der Waals surface area contributed by atoms with E-state index in [-0.39, 0.29) is 5.75 Å². The topological polar surface area (TPSA) is 62.5 Å². The lowest BCUT2D eigenvalue weighted by atomic mass is 10.1. The van der Waals surface area contributed by atoms with Crippen LogP contribution in [0.4, 0.5) is 0 Å². The number of rotatable bonds is 2. The van der Waals surface area contributed by atoms with Crippen LogP contribution in [-0.4, -0.2) is 32.8 Å². The van der Waals surface area contributed by atoms with Gasteiger partial charge in [-0.05, 0) is 37.6 Å². The Labute approximate surface area is 93.1 Å². The molecule has 1 fully saturated rings. The molecule has 3 rings (SSSR count). The Kier molecular flexibility index (Phi) is 2.25. The van der Waals surface area contributed by atoms with E-state index in [0.717, 1.165) is 31.0 Å². The molecule has 0 saturated carbocycles. The van der Waals surface area contributed by atoms with Gasteiger partial charge >= 0.3 is 0 Å². The number of fused-ring (bicyclic) bond motifs is 1. The fourth-order valence-electron chi connectivity index (χ4n) is 2.21. The standard InChI is InChI=1S/C11H14N4O/c16-9-1-2-10-13-14-11(15(10)7-9)5-8-3-4-12-6-8/h1-2,7-8,12,16H,3-6H2. The molecule has 2 aromatic heterocycles. The van der Waals surface area contributed by atoms with E-state index in [1.165, 1.54) is 6.42 Å². The monoisotopic (exact) mass is 218 g/mol. The summed E-state index contributed by atoms with van der Waals surface area (Å²) < 4.78 is 1.87. The van der Waals surface area contributed by atoms with Crippen molar-refractivity contribution in [2.24, 2.45) is 5.92 Å². The van der Waals surface area contributed by atoms with Crippen LogP contribution in [-0.2, 0) is 6.42 Å². The van der Waals surface area contributed by atoms with Crippen molar-refractivity contribution in [3.8, 4) is 5.75 Å². The lowest BCUT2D eigenvalue weighted by Gasteiger charge is -2.06. The zero-order chi connectivity index (χ0) is 11.0. The van der Waals surface area contributed by atoms with Crippen LogP contribution in [0, 0.1) is 5.92 Å². The number of pyridine rings is 1. The summed E-state index contributed by atoms with van der Waals surface area (Å²) in [5.74, 6) is 1.81. The van der Waals surface area contributed by atoms with Crippen LogP contribution < -0.4 is 5.32 Å². The van der Waals surface area contributed by atoms with Gasteiger partial charge in [0.2, 0.25) is 0 Å². The van der Waals surface area contributed by atoms with Gasteiger partial charge in [0.05, 0.1) is 6.20 Å². The lowest BCUT2D eigenvalue weighted by molar-refractivity contribution is 0.470. The van der Waals surface area contributed by atoms with Gasteiger partial charge in [-0.25, -0.2) is 0 Å². The summed E-state index contributed by atoms with van der Waals surface area (Å²) in [6.45, 7) is 2.14. The van der Waals surface area contributed by atoms with Crippen LogP contribution in [0.5, 0.6) is 5.75 Å². The van der Waals surface area contributed by atoms with Crippen molar-refractivity contribution in [2.75, 3.05) is 13.1 Å². The maximum Gasteiger partial charge on any atom is 0.161 e. The van der Waals surface area contributed by atoms with Crippen molar-refractivity contribution >= 4 is 5.65 Å². The van der Waals surface area contributed by atoms with Crippen LogP contribution in [0.2, 0.25) is 0 Å². The highest BCUT2D eigenvalue weighted by atomic mass is 16.3. The smallest absolute Gasteiger partial charge is 0.161 e. The molecule has 1 saturated heterocycles. The van der Waals surface area contributed by atoms with Gasteiger partial charge in [0.25, 0.3) is 0 Å². The highest BCUT2D eigenvalue weighted by Crippen LogP contribution is 2.17. The maximum absolute atomic E-state index is 9.45. The summed E-state index contributed by atoms with van der Waals surface area (Å²) in [4.78, 5) is 0. The second-order valence-electron chi connectivity index (χ2n) is 4.29. The Hall–Kier alpha value is -1.62. The van der Waals surface area contributed by atoms with Gasteiger partial charge in [-0.15, -0.1) is 10.2 Å². The van der Waals surface area contributed by atoms with Crippen molar-refractivity contribution in [3.63, 3.8) is 0 Å². The Bertz CT molecular complexity index is 502. The molecule has 1 aliphatic rings. The van der Waals surface area contributed by atoms with Crippen LogP contribution in [0.15, 0.2) is 18.3 Å². The number of nitrogens with one attached hydrogen (secondary N) is 1. The van der Waals surface area contributed by atoms with Gasteiger partial charge < -0.3 is 10.4 Å². The molecule has 2 aromatic rings. The van der Waals surface area contributed by atoms with Crippen LogP contribution in [0.25, 0.3) is 5.65 Å². The van der Waals surface area contributed by atoms with E-state index in [9.17, 15) is 5.11 Å². The third-order valence-corrected chi connectivity index (χ3v) is 3.09. The molecule has 0 bridgehead atoms. The predicted molar refractivity (Wildman–Crippen MR) is 59.3 cm³/mol. The van der Waals surface area contributed by atoms with Gasteiger partial charge in [0.15, 0.2) is 5.65 Å². The minimum atomic E-state index is 0.248. The lowest BCUT2D eigenvalue weighted by Crippen LogP contribution is -2.12. The molecule has 16 heavy (non-hydrogen) atoms. The second-order valence-corrected chi connectivity index (χ2v) is 4.29. The van der Waals surface area contributed by atoms with Gasteiger partial charge in [0.1, 0.15) is 11.6 Å². The minimum Gasteiger partial charge on any atom is -0.506 e. The van der Waals surface area contributed by atoms with Gasteiger partial charge in [0, 0.05) is 6.42 Å². The van der Waals surface area contributed by atoms with Crippen molar-refractivity contribution in [3.05, 3.63) is 24.2 Å². The molecule has 0 aliphatic carbocycles. The van der Waals surface area contributed by atoms with E-state index in [2.05, 4.69) is 15.5 Å². The van der Waals surface area contributed by atoms with Gasteiger partial charge in [-0.1, -0.05) is 0 Å². The zero-order valence-electron chi connectivity index (χ0n) is 8.93. The summed E-state index contributed by atoms with van der Waals surface area (Å²) in [7, 11) is 0. The number of aromatic nitrogens is 3. The van der Waals surface area contributed by atoms with E-state index in [0.29, 0.717) is 5.92 Å². The van der Waals surface area contributed by atoms with Crippen molar-refractivity contribution in [1.82, 2.24) is 19.9 Å². The zero-order valence-corrected chi connectivity index (χ0v) is 8.93. The molecule has 1 aliphatic heterocycles. The molecule has 0 aromatic carbocycles. The van der Waals surface area contributed by atoms with Crippen LogP contribution in [0.1, 0.15) is 12.2 Å². The largest absolute Gasteiger partial charge is 0.506 e. The quantitative estimate of drug-likeness (QED) is 0.774. The number of hydrogen-bond donors (Lipinski definition) is 2. The number of hydrogen-bond acceptors (Lipinski definition) is 4. The summed E-state index contributed by atoms with van der Waals surface area (Å²) in [6.07, 6.45) is 3.78. The van der Waals surface area contributed by atoms with E-state index in [1.807, 2.05) is 4.40 Å². The average Bonchev–Trinajstić information content (AvgIpc) is 2.90. The summed E-state index contributed by atoms with van der Waals surface area (Å²) >= 11 is 0. The van der Waals surface area contributed by atoms with Gasteiger partial charge in [-0.2, -0.15) is 0 Å². The molecule has 1 unspecified atom stereocenters. The van der Waals surface area contributed by atoms with Crippen LogP contribution in [0.3, 0.4) is 0 Å². The molecular weight excluding hydrogens is 204 g/mol. The maximum atomic E-state index is 9.45. The Morgan fingerprint density at radius 3 is 3.19 bits per heavy atom. The molecule has 5 heteroatoms. The Morgan fingerprint density at radius 1 is 1.44 bits per heavy atom. The Balaban J connectivity index is 1.93.